The minimum Gasteiger partial charge on any atom is -0.493 e. The quantitative estimate of drug-likeness (QED) is 0.617. The lowest BCUT2D eigenvalue weighted by molar-refractivity contribution is -0.144. The van der Waals surface area contributed by atoms with Crippen LogP contribution < -0.4 is 9.47 Å². The molecule has 1 atom stereocenters. The number of aliphatic carboxylic acids is 1. The van der Waals surface area contributed by atoms with Gasteiger partial charge < -0.3 is 14.6 Å². The fourth-order valence-corrected chi connectivity index (χ4v) is 2.25. The minimum absolute atomic E-state index is 0.265. The molecule has 0 aliphatic carbocycles. The summed E-state index contributed by atoms with van der Waals surface area (Å²) in [7, 11) is 1.46. The first kappa shape index (κ1) is 18.4. The molecule has 0 saturated carbocycles. The van der Waals surface area contributed by atoms with Gasteiger partial charge >= 0.3 is 5.97 Å². The van der Waals surface area contributed by atoms with E-state index in [4.69, 9.17) is 26.2 Å². The van der Waals surface area contributed by atoms with Gasteiger partial charge in [-0.15, -0.1) is 0 Å². The highest BCUT2D eigenvalue weighted by Crippen LogP contribution is 2.34. The van der Waals surface area contributed by atoms with E-state index in [-0.39, 0.29) is 5.75 Å². The van der Waals surface area contributed by atoms with E-state index in [1.807, 2.05) is 0 Å². The Hall–Kier alpha value is -2.97. The van der Waals surface area contributed by atoms with Crippen molar-refractivity contribution in [1.82, 2.24) is 0 Å². The number of carbonyl (C=O) groups is 1. The lowest BCUT2D eigenvalue weighted by atomic mass is 10.0. The molecule has 0 heterocycles. The molecule has 0 amide bonds. The molecule has 25 heavy (non-hydrogen) atoms. The molecule has 0 aliphatic heterocycles. The monoisotopic (exact) mass is 357 g/mol. The molecule has 2 aromatic rings. The number of carboxylic acids is 1. The molecule has 0 spiro atoms. The van der Waals surface area contributed by atoms with E-state index in [1.54, 1.807) is 48.5 Å². The lowest BCUT2D eigenvalue weighted by Crippen LogP contribution is -2.23. The molecule has 2 aromatic carbocycles. The average molecular weight is 358 g/mol. The minimum atomic E-state index is -1.10. The summed E-state index contributed by atoms with van der Waals surface area (Å²) in [4.78, 5) is 11.1. The summed E-state index contributed by atoms with van der Waals surface area (Å²) >= 11 is 5.88. The number of ether oxygens (including phenoxy) is 2. The van der Waals surface area contributed by atoms with Gasteiger partial charge in [-0.1, -0.05) is 35.9 Å². The molecule has 0 fully saturated rings. The van der Waals surface area contributed by atoms with Gasteiger partial charge in [0.05, 0.1) is 18.8 Å². The van der Waals surface area contributed by atoms with Crippen molar-refractivity contribution >= 4 is 29.2 Å². The van der Waals surface area contributed by atoms with Crippen molar-refractivity contribution in [2.45, 2.75) is 13.0 Å². The Kier molecular flexibility index (Phi) is 6.04. The molecular weight excluding hydrogens is 342 g/mol. The number of benzene rings is 2. The summed E-state index contributed by atoms with van der Waals surface area (Å²) in [5.74, 6) is -0.448. The third-order valence-electron chi connectivity index (χ3n) is 3.45. The highest BCUT2D eigenvalue weighted by Gasteiger charge is 2.18. The molecule has 2 rings (SSSR count). The predicted molar refractivity (Wildman–Crippen MR) is 95.7 cm³/mol. The number of allylic oxidation sites excluding steroid dienone is 1. The van der Waals surface area contributed by atoms with Crippen molar-refractivity contribution in [2.24, 2.45) is 0 Å². The zero-order valence-corrected chi connectivity index (χ0v) is 14.4. The lowest BCUT2D eigenvalue weighted by Gasteiger charge is -2.16. The van der Waals surface area contributed by atoms with Gasteiger partial charge in [0.15, 0.2) is 17.6 Å². The Morgan fingerprint density at radius 3 is 2.52 bits per heavy atom. The maximum atomic E-state index is 11.1. The van der Waals surface area contributed by atoms with Gasteiger partial charge in [0.1, 0.15) is 0 Å². The first-order valence-corrected chi connectivity index (χ1v) is 7.78. The standard InChI is InChI=1S/C19H16ClNO4/c1-12(19(22)23)25-18-14(4-3-5-17(18)24-2)10-15(11-21)13-6-8-16(20)9-7-13/h3-10,12H,1-2H3,(H,22,23)/b15-10-/t12-/m0/s1. The molecule has 6 heteroatoms. The Balaban J connectivity index is 2.51. The van der Waals surface area contributed by atoms with Crippen molar-refractivity contribution < 1.29 is 19.4 Å². The Morgan fingerprint density at radius 1 is 1.28 bits per heavy atom. The van der Waals surface area contributed by atoms with Crippen LogP contribution in [0.15, 0.2) is 42.5 Å². The van der Waals surface area contributed by atoms with Gasteiger partial charge in [0, 0.05) is 10.6 Å². The van der Waals surface area contributed by atoms with Crippen molar-refractivity contribution in [1.29, 1.82) is 5.26 Å². The topological polar surface area (TPSA) is 79.5 Å². The number of nitrogens with zero attached hydrogens (tertiary/aromatic N) is 1. The van der Waals surface area contributed by atoms with E-state index in [0.717, 1.165) is 0 Å². The third kappa shape index (κ3) is 4.52. The smallest absolute Gasteiger partial charge is 0.344 e. The maximum Gasteiger partial charge on any atom is 0.344 e. The van der Waals surface area contributed by atoms with E-state index in [2.05, 4.69) is 6.07 Å². The summed E-state index contributed by atoms with van der Waals surface area (Å²) in [6.45, 7) is 1.42. The van der Waals surface area contributed by atoms with Crippen LogP contribution in [0.1, 0.15) is 18.1 Å². The highest BCUT2D eigenvalue weighted by molar-refractivity contribution is 6.30. The number of hydrogen-bond donors (Lipinski definition) is 1. The summed E-state index contributed by atoms with van der Waals surface area (Å²) in [6, 6.07) is 14.1. The first-order valence-electron chi connectivity index (χ1n) is 7.40. The molecule has 128 valence electrons. The van der Waals surface area contributed by atoms with E-state index < -0.39 is 12.1 Å². The predicted octanol–water partition coefficient (Wildman–Crippen LogP) is 4.26. The highest BCUT2D eigenvalue weighted by atomic mass is 35.5. The number of halogens is 1. The Morgan fingerprint density at radius 2 is 1.96 bits per heavy atom. The number of rotatable bonds is 6. The van der Waals surface area contributed by atoms with E-state index >= 15 is 0 Å². The average Bonchev–Trinajstić information content (AvgIpc) is 2.61. The van der Waals surface area contributed by atoms with E-state index in [9.17, 15) is 10.1 Å². The third-order valence-corrected chi connectivity index (χ3v) is 3.70. The van der Waals surface area contributed by atoms with Crippen molar-refractivity contribution in [3.05, 3.63) is 58.6 Å². The van der Waals surface area contributed by atoms with Crippen LogP contribution in [-0.4, -0.2) is 24.3 Å². The summed E-state index contributed by atoms with van der Waals surface area (Å²) in [5, 5.41) is 19.1. The number of nitriles is 1. The number of carboxylic acid groups (broad SMARTS) is 1. The summed E-state index contributed by atoms with van der Waals surface area (Å²) in [6.07, 6.45) is 0.555. The van der Waals surface area contributed by atoms with Crippen LogP contribution in [0.2, 0.25) is 5.02 Å². The largest absolute Gasteiger partial charge is 0.493 e. The molecular formula is C19H16ClNO4. The molecule has 0 aliphatic rings. The van der Waals surface area contributed by atoms with Crippen molar-refractivity contribution in [2.75, 3.05) is 7.11 Å². The summed E-state index contributed by atoms with van der Waals surface area (Å²) in [5.41, 5.74) is 1.61. The van der Waals surface area contributed by atoms with Crippen LogP contribution in [0.3, 0.4) is 0 Å². The van der Waals surface area contributed by atoms with E-state index in [1.165, 1.54) is 14.0 Å². The maximum absolute atomic E-state index is 11.1. The van der Waals surface area contributed by atoms with Crippen molar-refractivity contribution in [3.8, 4) is 17.6 Å². The van der Waals surface area contributed by atoms with Crippen LogP contribution in [0.4, 0.5) is 0 Å². The van der Waals surface area contributed by atoms with Crippen LogP contribution in [-0.2, 0) is 4.79 Å². The van der Waals surface area contributed by atoms with Gasteiger partial charge in [-0.05, 0) is 36.8 Å². The summed E-state index contributed by atoms with van der Waals surface area (Å²) < 4.78 is 10.8. The van der Waals surface area contributed by atoms with Crippen LogP contribution in [0.5, 0.6) is 11.5 Å². The van der Waals surface area contributed by atoms with Gasteiger partial charge in [-0.3, -0.25) is 0 Å². The molecule has 0 bridgehead atoms. The normalized spacial score (nSPS) is 12.2. The molecule has 0 aromatic heterocycles. The van der Waals surface area contributed by atoms with Crippen LogP contribution in [0, 0.1) is 11.3 Å². The number of methoxy groups -OCH3 is 1. The van der Waals surface area contributed by atoms with Crippen LogP contribution >= 0.6 is 11.6 Å². The second kappa shape index (κ2) is 8.22. The van der Waals surface area contributed by atoms with E-state index in [0.29, 0.717) is 27.5 Å². The first-order chi connectivity index (χ1) is 12.0. The van der Waals surface area contributed by atoms with Gasteiger partial charge in [-0.2, -0.15) is 5.26 Å². The molecule has 1 N–H and O–H groups in total. The molecule has 5 nitrogen and oxygen atoms in total. The Bertz CT molecular complexity index is 837. The van der Waals surface area contributed by atoms with Gasteiger partial charge in [-0.25, -0.2) is 4.79 Å². The van der Waals surface area contributed by atoms with Gasteiger partial charge in [0.2, 0.25) is 0 Å². The zero-order chi connectivity index (χ0) is 18.4. The SMILES string of the molecule is COc1cccc(/C=C(/C#N)c2ccc(Cl)cc2)c1O[C@@H](C)C(=O)O. The fourth-order valence-electron chi connectivity index (χ4n) is 2.13. The zero-order valence-electron chi connectivity index (χ0n) is 13.7. The number of hydrogen-bond acceptors (Lipinski definition) is 4. The van der Waals surface area contributed by atoms with Gasteiger partial charge in [0.25, 0.3) is 0 Å². The molecule has 0 radical (unpaired) electrons. The van der Waals surface area contributed by atoms with Crippen LogP contribution in [0.25, 0.3) is 11.6 Å². The van der Waals surface area contributed by atoms with Crippen molar-refractivity contribution in [3.63, 3.8) is 0 Å². The second-order valence-corrected chi connectivity index (χ2v) is 5.59. The Labute approximate surface area is 150 Å². The molecule has 0 saturated heterocycles. The fraction of sp³-hybridized carbons (Fsp3) is 0.158. The molecule has 0 unspecified atom stereocenters. The number of para-hydroxylation sites is 1. The second-order valence-electron chi connectivity index (χ2n) is 5.15.